The highest BCUT2D eigenvalue weighted by Crippen LogP contribution is 2.41. The largest absolute Gasteiger partial charge is 0.465 e. The van der Waals surface area contributed by atoms with Gasteiger partial charge in [-0.25, -0.2) is 0 Å². The Balaban J connectivity index is 2.58. The van der Waals surface area contributed by atoms with E-state index in [0.29, 0.717) is 0 Å². The molecule has 0 aliphatic heterocycles. The van der Waals surface area contributed by atoms with Crippen molar-refractivity contribution in [3.05, 3.63) is 71.8 Å². The lowest BCUT2D eigenvalue weighted by atomic mass is 9.71. The Bertz CT molecular complexity index is 621. The number of nitrogens with zero attached hydrogens (tertiary/aromatic N) is 1. The van der Waals surface area contributed by atoms with E-state index in [9.17, 15) is 10.1 Å². The highest BCUT2D eigenvalue weighted by molar-refractivity contribution is 5.82. The van der Waals surface area contributed by atoms with Gasteiger partial charge >= 0.3 is 5.97 Å². The number of ether oxygens (including phenoxy) is 1. The Morgan fingerprint density at radius 1 is 1.09 bits per heavy atom. The van der Waals surface area contributed by atoms with E-state index in [0.717, 1.165) is 11.1 Å². The Morgan fingerprint density at radius 3 is 1.91 bits per heavy atom. The molecule has 3 heteroatoms. The first-order valence-corrected chi connectivity index (χ1v) is 7.32. The highest BCUT2D eigenvalue weighted by atomic mass is 16.5. The second-order valence-corrected chi connectivity index (χ2v) is 5.29. The summed E-state index contributed by atoms with van der Waals surface area (Å²) in [6.45, 7) is 3.65. The standard InChI is InChI=1S/C19H19NO2/c1-3-22-18(21)19(2,14-20)17(15-10-6-4-7-11-15)16-12-8-5-9-13-16/h4-13,17H,3H2,1-2H3/t19-/m1/s1. The molecule has 112 valence electrons. The predicted octanol–water partition coefficient (Wildman–Crippen LogP) is 3.91. The van der Waals surface area contributed by atoms with Crippen LogP contribution < -0.4 is 0 Å². The molecule has 0 heterocycles. The molecule has 2 rings (SSSR count). The summed E-state index contributed by atoms with van der Waals surface area (Å²) < 4.78 is 5.16. The van der Waals surface area contributed by atoms with Crippen molar-refractivity contribution in [3.63, 3.8) is 0 Å². The lowest BCUT2D eigenvalue weighted by Gasteiger charge is -2.30. The Labute approximate surface area is 131 Å². The number of esters is 1. The van der Waals surface area contributed by atoms with Crippen molar-refractivity contribution in [2.45, 2.75) is 19.8 Å². The zero-order chi connectivity index (χ0) is 16.0. The maximum Gasteiger partial charge on any atom is 0.327 e. The fourth-order valence-corrected chi connectivity index (χ4v) is 2.66. The van der Waals surface area contributed by atoms with Crippen LogP contribution in [0.4, 0.5) is 0 Å². The highest BCUT2D eigenvalue weighted by Gasteiger charge is 2.44. The second-order valence-electron chi connectivity index (χ2n) is 5.29. The number of rotatable bonds is 5. The summed E-state index contributed by atoms with van der Waals surface area (Å²) in [6, 6.07) is 21.4. The number of benzene rings is 2. The number of carbonyl (C=O) groups is 1. The first-order valence-electron chi connectivity index (χ1n) is 7.32. The summed E-state index contributed by atoms with van der Waals surface area (Å²) in [5, 5.41) is 9.72. The molecule has 0 fully saturated rings. The zero-order valence-corrected chi connectivity index (χ0v) is 12.8. The van der Waals surface area contributed by atoms with Crippen LogP contribution in [0.5, 0.6) is 0 Å². The Kier molecular flexibility index (Phi) is 4.95. The molecule has 0 spiro atoms. The minimum Gasteiger partial charge on any atom is -0.465 e. The normalized spacial score (nSPS) is 13.2. The molecule has 0 aliphatic carbocycles. The molecule has 0 aliphatic rings. The Hall–Kier alpha value is -2.60. The van der Waals surface area contributed by atoms with Crippen LogP contribution in [-0.2, 0) is 9.53 Å². The summed E-state index contributed by atoms with van der Waals surface area (Å²) >= 11 is 0. The number of hydrogen-bond donors (Lipinski definition) is 0. The molecule has 22 heavy (non-hydrogen) atoms. The number of hydrogen-bond acceptors (Lipinski definition) is 3. The molecule has 0 aromatic heterocycles. The molecule has 2 aromatic rings. The number of nitriles is 1. The van der Waals surface area contributed by atoms with Crippen molar-refractivity contribution in [2.24, 2.45) is 5.41 Å². The van der Waals surface area contributed by atoms with E-state index in [1.54, 1.807) is 13.8 Å². The van der Waals surface area contributed by atoms with Gasteiger partial charge in [-0.15, -0.1) is 0 Å². The first-order chi connectivity index (χ1) is 10.6. The van der Waals surface area contributed by atoms with Gasteiger partial charge in [0.05, 0.1) is 12.7 Å². The molecule has 0 amide bonds. The molecular weight excluding hydrogens is 274 g/mol. The second kappa shape index (κ2) is 6.91. The van der Waals surface area contributed by atoms with Gasteiger partial charge in [-0.2, -0.15) is 5.26 Å². The van der Waals surface area contributed by atoms with Crippen molar-refractivity contribution >= 4 is 5.97 Å². The van der Waals surface area contributed by atoms with E-state index >= 15 is 0 Å². The third kappa shape index (κ3) is 3.01. The average Bonchev–Trinajstić information content (AvgIpc) is 2.57. The van der Waals surface area contributed by atoms with Crippen LogP contribution in [-0.4, -0.2) is 12.6 Å². The quantitative estimate of drug-likeness (QED) is 0.785. The fourth-order valence-electron chi connectivity index (χ4n) is 2.66. The summed E-state index contributed by atoms with van der Waals surface area (Å²) in [5.74, 6) is -0.867. The molecule has 0 bridgehead atoms. The fraction of sp³-hybridized carbons (Fsp3) is 0.263. The third-order valence-electron chi connectivity index (χ3n) is 3.77. The van der Waals surface area contributed by atoms with E-state index in [-0.39, 0.29) is 12.5 Å². The smallest absolute Gasteiger partial charge is 0.327 e. The van der Waals surface area contributed by atoms with Gasteiger partial charge in [-0.1, -0.05) is 60.7 Å². The maximum atomic E-state index is 12.4. The molecule has 0 N–H and O–H groups in total. The van der Waals surface area contributed by atoms with E-state index in [1.165, 1.54) is 0 Å². The first kappa shape index (κ1) is 15.8. The van der Waals surface area contributed by atoms with Gasteiger partial charge in [0.2, 0.25) is 0 Å². The van der Waals surface area contributed by atoms with Crippen molar-refractivity contribution in [3.8, 4) is 6.07 Å². The van der Waals surface area contributed by atoms with Crippen LogP contribution in [0.2, 0.25) is 0 Å². The molecular formula is C19H19NO2. The number of carbonyl (C=O) groups excluding carboxylic acids is 1. The predicted molar refractivity (Wildman–Crippen MR) is 85.1 cm³/mol. The summed E-state index contributed by atoms with van der Waals surface area (Å²) in [6.07, 6.45) is 0. The van der Waals surface area contributed by atoms with E-state index in [4.69, 9.17) is 4.74 Å². The minimum atomic E-state index is -1.28. The van der Waals surface area contributed by atoms with Crippen LogP contribution in [0.1, 0.15) is 30.9 Å². The zero-order valence-electron chi connectivity index (χ0n) is 12.8. The summed E-state index contributed by atoms with van der Waals surface area (Å²) in [4.78, 5) is 12.4. The topological polar surface area (TPSA) is 50.1 Å². The molecule has 0 saturated carbocycles. The van der Waals surface area contributed by atoms with Crippen LogP contribution in [0.25, 0.3) is 0 Å². The van der Waals surface area contributed by atoms with Crippen molar-refractivity contribution < 1.29 is 9.53 Å². The molecule has 0 saturated heterocycles. The Morgan fingerprint density at radius 2 is 1.55 bits per heavy atom. The van der Waals surface area contributed by atoms with Gasteiger partial charge in [0.15, 0.2) is 5.41 Å². The lowest BCUT2D eigenvalue weighted by Crippen LogP contribution is -2.35. The molecule has 3 nitrogen and oxygen atoms in total. The van der Waals surface area contributed by atoms with Crippen LogP contribution >= 0.6 is 0 Å². The molecule has 1 atom stereocenters. The van der Waals surface area contributed by atoms with Crippen molar-refractivity contribution in [1.29, 1.82) is 5.26 Å². The summed E-state index contributed by atoms with van der Waals surface area (Å²) in [5.41, 5.74) is 0.565. The van der Waals surface area contributed by atoms with Gasteiger partial charge in [-0.3, -0.25) is 4.79 Å². The molecule has 2 aromatic carbocycles. The van der Waals surface area contributed by atoms with Gasteiger partial charge < -0.3 is 4.74 Å². The van der Waals surface area contributed by atoms with Gasteiger partial charge in [0, 0.05) is 5.92 Å². The monoisotopic (exact) mass is 293 g/mol. The molecule has 0 unspecified atom stereocenters. The van der Waals surface area contributed by atoms with Gasteiger partial charge in [-0.05, 0) is 25.0 Å². The third-order valence-corrected chi connectivity index (χ3v) is 3.77. The van der Waals surface area contributed by atoms with E-state index in [2.05, 4.69) is 6.07 Å². The average molecular weight is 293 g/mol. The summed E-state index contributed by atoms with van der Waals surface area (Å²) in [7, 11) is 0. The van der Waals surface area contributed by atoms with Gasteiger partial charge in [0.1, 0.15) is 0 Å². The maximum absolute atomic E-state index is 12.4. The van der Waals surface area contributed by atoms with Crippen molar-refractivity contribution in [2.75, 3.05) is 6.61 Å². The van der Waals surface area contributed by atoms with E-state index in [1.807, 2.05) is 60.7 Å². The van der Waals surface area contributed by atoms with Crippen LogP contribution in [0, 0.1) is 16.7 Å². The SMILES string of the molecule is CCOC(=O)[C@](C)(C#N)C(c1ccccc1)c1ccccc1. The minimum absolute atomic E-state index is 0.256. The lowest BCUT2D eigenvalue weighted by molar-refractivity contribution is -0.151. The molecule has 0 radical (unpaired) electrons. The van der Waals surface area contributed by atoms with Crippen molar-refractivity contribution in [1.82, 2.24) is 0 Å². The van der Waals surface area contributed by atoms with Gasteiger partial charge in [0.25, 0.3) is 0 Å². The van der Waals surface area contributed by atoms with E-state index < -0.39 is 11.4 Å². The van der Waals surface area contributed by atoms with Crippen LogP contribution in [0.3, 0.4) is 0 Å². The van der Waals surface area contributed by atoms with Crippen LogP contribution in [0.15, 0.2) is 60.7 Å².